The van der Waals surface area contributed by atoms with E-state index >= 15 is 0 Å². The molecule has 0 aromatic heterocycles. The van der Waals surface area contributed by atoms with Crippen LogP contribution in [-0.2, 0) is 0 Å². The van der Waals surface area contributed by atoms with Gasteiger partial charge in [-0.3, -0.25) is 0 Å². The summed E-state index contributed by atoms with van der Waals surface area (Å²) in [6, 6.07) is 6.91. The van der Waals surface area contributed by atoms with Crippen LogP contribution in [-0.4, -0.2) is 0 Å². The van der Waals surface area contributed by atoms with Crippen LogP contribution in [0.25, 0.3) is 0 Å². The summed E-state index contributed by atoms with van der Waals surface area (Å²) in [4.78, 5) is 0. The molecule has 0 spiro atoms. The SMILES string of the molecule is F[I-]c1cccc(Cl)c1. The second-order valence-corrected chi connectivity index (χ2v) is 3.60. The van der Waals surface area contributed by atoms with Gasteiger partial charge in [0.25, 0.3) is 0 Å². The van der Waals surface area contributed by atoms with E-state index in [-0.39, 0.29) is 0 Å². The zero-order chi connectivity index (χ0) is 6.69. The fourth-order valence-electron chi connectivity index (χ4n) is 0.504. The van der Waals surface area contributed by atoms with Gasteiger partial charge in [-0.15, -0.1) is 0 Å². The van der Waals surface area contributed by atoms with Crippen molar-refractivity contribution in [2.45, 2.75) is 0 Å². The first-order valence-electron chi connectivity index (χ1n) is 2.34. The maximum atomic E-state index is 12.0. The zero-order valence-corrected chi connectivity index (χ0v) is 7.36. The topological polar surface area (TPSA) is 0 Å². The Morgan fingerprint density at radius 2 is 2.22 bits per heavy atom. The molecule has 0 atom stereocenters. The zero-order valence-electron chi connectivity index (χ0n) is 4.44. The van der Waals surface area contributed by atoms with Crippen molar-refractivity contribution in [2.24, 2.45) is 0 Å². The van der Waals surface area contributed by atoms with Crippen molar-refractivity contribution in [3.05, 3.63) is 32.9 Å². The molecule has 0 fully saturated rings. The first kappa shape index (κ1) is 7.28. The first-order valence-corrected chi connectivity index (χ1v) is 4.61. The molecule has 0 radical (unpaired) electrons. The molecule has 0 saturated heterocycles. The predicted molar refractivity (Wildman–Crippen MR) is 31.3 cm³/mol. The van der Waals surface area contributed by atoms with Crippen LogP contribution in [0.15, 0.2) is 24.3 Å². The molecule has 0 amide bonds. The van der Waals surface area contributed by atoms with E-state index in [0.29, 0.717) is 5.02 Å². The van der Waals surface area contributed by atoms with E-state index in [0.717, 1.165) is 3.57 Å². The molecule has 0 heterocycles. The molecule has 1 aromatic carbocycles. The van der Waals surface area contributed by atoms with Crippen molar-refractivity contribution in [2.75, 3.05) is 0 Å². The molecule has 0 aliphatic carbocycles. The van der Waals surface area contributed by atoms with Gasteiger partial charge < -0.3 is 0 Å². The summed E-state index contributed by atoms with van der Waals surface area (Å²) in [5, 5.41) is 0.616. The average molecular weight is 257 g/mol. The summed E-state index contributed by atoms with van der Waals surface area (Å²) in [5.41, 5.74) is 0. The summed E-state index contributed by atoms with van der Waals surface area (Å²) < 4.78 is 12.7. The molecule has 0 bridgehead atoms. The van der Waals surface area contributed by atoms with Crippen LogP contribution in [0.2, 0.25) is 5.02 Å². The normalized spacial score (nSPS) is 10.0. The third-order valence-corrected chi connectivity index (χ3v) is 2.25. The van der Waals surface area contributed by atoms with Gasteiger partial charge in [-0.05, 0) is 0 Å². The Morgan fingerprint density at radius 1 is 1.44 bits per heavy atom. The van der Waals surface area contributed by atoms with Crippen molar-refractivity contribution >= 4 is 11.6 Å². The van der Waals surface area contributed by atoms with Crippen LogP contribution < -0.4 is 21.8 Å². The summed E-state index contributed by atoms with van der Waals surface area (Å²) in [6.45, 7) is 0. The standard InChI is InChI=1S/C6H4ClFI/c7-5-2-1-3-6(4-5)9-8/h1-4H/q-1. The molecule has 0 unspecified atom stereocenters. The monoisotopic (exact) mass is 257 g/mol. The molecule has 0 saturated carbocycles. The van der Waals surface area contributed by atoms with Crippen molar-refractivity contribution in [1.82, 2.24) is 0 Å². The fourth-order valence-corrected chi connectivity index (χ4v) is 1.68. The van der Waals surface area contributed by atoms with E-state index in [2.05, 4.69) is 0 Å². The van der Waals surface area contributed by atoms with E-state index in [4.69, 9.17) is 11.6 Å². The van der Waals surface area contributed by atoms with Crippen LogP contribution in [0.4, 0.5) is 2.86 Å². The molecule has 0 N–H and O–H groups in total. The van der Waals surface area contributed by atoms with Crippen molar-refractivity contribution in [3.63, 3.8) is 0 Å². The van der Waals surface area contributed by atoms with Crippen LogP contribution in [0.1, 0.15) is 0 Å². The Kier molecular flexibility index (Phi) is 2.72. The molecule has 0 aliphatic heterocycles. The molecule has 0 aliphatic rings. The van der Waals surface area contributed by atoms with E-state index in [1.54, 1.807) is 24.3 Å². The molecule has 3 heteroatoms. The Labute approximate surface area is 69.1 Å². The molecule has 1 rings (SSSR count). The van der Waals surface area contributed by atoms with Crippen LogP contribution in [0.3, 0.4) is 0 Å². The van der Waals surface area contributed by atoms with Gasteiger partial charge >= 0.3 is 69.1 Å². The third kappa shape index (κ3) is 2.10. The molecule has 0 nitrogen and oxygen atoms in total. The predicted octanol–water partition coefficient (Wildman–Crippen LogP) is -0.517. The average Bonchev–Trinajstić information content (AvgIpc) is 1.88. The van der Waals surface area contributed by atoms with Gasteiger partial charge in [0, 0.05) is 0 Å². The van der Waals surface area contributed by atoms with E-state index in [1.807, 2.05) is 0 Å². The van der Waals surface area contributed by atoms with E-state index in [9.17, 15) is 2.86 Å². The summed E-state index contributed by atoms with van der Waals surface area (Å²) in [7, 11) is 0. The fraction of sp³-hybridized carbons (Fsp3) is 0. The van der Waals surface area contributed by atoms with Crippen LogP contribution >= 0.6 is 11.6 Å². The van der Waals surface area contributed by atoms with Gasteiger partial charge in [0.2, 0.25) is 0 Å². The van der Waals surface area contributed by atoms with Gasteiger partial charge in [0.05, 0.1) is 0 Å². The van der Waals surface area contributed by atoms with Crippen LogP contribution in [0, 0.1) is 3.57 Å². The van der Waals surface area contributed by atoms with Gasteiger partial charge in [0.1, 0.15) is 0 Å². The van der Waals surface area contributed by atoms with Gasteiger partial charge in [-0.25, -0.2) is 0 Å². The van der Waals surface area contributed by atoms with Gasteiger partial charge in [0.15, 0.2) is 0 Å². The van der Waals surface area contributed by atoms with Crippen molar-refractivity contribution in [1.29, 1.82) is 0 Å². The summed E-state index contributed by atoms with van der Waals surface area (Å²) in [5.74, 6) is 0. The minimum atomic E-state index is -1.29. The quantitative estimate of drug-likeness (QED) is 0.594. The number of hydrogen-bond donors (Lipinski definition) is 0. The van der Waals surface area contributed by atoms with Crippen LogP contribution in [0.5, 0.6) is 0 Å². The second-order valence-electron chi connectivity index (χ2n) is 1.51. The minimum absolute atomic E-state index is 0.616. The van der Waals surface area contributed by atoms with Gasteiger partial charge in [-0.1, -0.05) is 0 Å². The van der Waals surface area contributed by atoms with Gasteiger partial charge in [-0.2, -0.15) is 0 Å². The third-order valence-electron chi connectivity index (χ3n) is 0.869. The number of halogens is 3. The van der Waals surface area contributed by atoms with Crippen molar-refractivity contribution < 1.29 is 24.6 Å². The molecule has 1 aromatic rings. The number of rotatable bonds is 1. The molecule has 9 heavy (non-hydrogen) atoms. The number of hydrogen-bond acceptors (Lipinski definition) is 0. The first-order chi connectivity index (χ1) is 4.33. The van der Waals surface area contributed by atoms with E-state index < -0.39 is 21.8 Å². The Morgan fingerprint density at radius 3 is 2.67 bits per heavy atom. The molecular formula is C6H4ClFI-. The number of benzene rings is 1. The Bertz CT molecular complexity index is 202. The second kappa shape index (κ2) is 3.37. The Hall–Kier alpha value is 0.170. The molecular weight excluding hydrogens is 253 g/mol. The van der Waals surface area contributed by atoms with E-state index in [1.165, 1.54) is 0 Å². The summed E-state index contributed by atoms with van der Waals surface area (Å²) in [6.07, 6.45) is 0. The molecule has 50 valence electrons. The van der Waals surface area contributed by atoms with Crippen molar-refractivity contribution in [3.8, 4) is 0 Å². The maximum absolute atomic E-state index is 12.0. The summed E-state index contributed by atoms with van der Waals surface area (Å²) >= 11 is 4.28. The Balaban J connectivity index is 2.94.